The third kappa shape index (κ3) is 9.13. The van der Waals surface area contributed by atoms with Crippen LogP contribution in [0, 0.1) is 0 Å². The number of carbonyl (C=O) groups excluding carboxylic acids is 1. The van der Waals surface area contributed by atoms with Gasteiger partial charge in [-0.25, -0.2) is 14.0 Å². The fourth-order valence-electron chi connectivity index (χ4n) is 1.42. The van der Waals surface area contributed by atoms with E-state index in [9.17, 15) is 22.2 Å². The van der Waals surface area contributed by atoms with Crippen LogP contribution in [0.15, 0.2) is 24.3 Å². The van der Waals surface area contributed by atoms with Crippen molar-refractivity contribution in [1.82, 2.24) is 11.0 Å². The first-order valence-electron chi connectivity index (χ1n) is 7.80. The number of hydrogen-bond acceptors (Lipinski definition) is 6. The van der Waals surface area contributed by atoms with Crippen LogP contribution in [-0.2, 0) is 26.3 Å². The summed E-state index contributed by atoms with van der Waals surface area (Å²) in [7, 11) is 0. The number of alkyl halides is 3. The Labute approximate surface area is 152 Å². The van der Waals surface area contributed by atoms with Crippen LogP contribution >= 0.6 is 0 Å². The molecule has 0 fully saturated rings. The lowest BCUT2D eigenvalue weighted by Gasteiger charge is -2.10. The zero-order chi connectivity index (χ0) is 20.2. The highest BCUT2D eigenvalue weighted by Gasteiger charge is 2.30. The first-order valence-corrected chi connectivity index (χ1v) is 8.94. The van der Waals surface area contributed by atoms with Gasteiger partial charge in [0.15, 0.2) is 11.1 Å². The van der Waals surface area contributed by atoms with Gasteiger partial charge in [-0.2, -0.15) is 18.7 Å². The molecule has 0 heterocycles. The molecule has 11 heteroatoms. The number of halogens is 3. The molecule has 1 rings (SSSR count). The maximum atomic E-state index is 12.4. The first kappa shape index (κ1) is 24.3. The fraction of sp³-hybridized carbons (Fsp3) is 0.533. The summed E-state index contributed by atoms with van der Waals surface area (Å²) in [5.41, 5.74) is 2.97. The van der Waals surface area contributed by atoms with Crippen LogP contribution < -0.4 is 15.7 Å². The molecular weight excluding hydrogens is 377 g/mol. The van der Waals surface area contributed by atoms with Gasteiger partial charge in [-0.05, 0) is 37.6 Å². The second kappa shape index (κ2) is 12.6. The molecule has 3 N–H and O–H groups in total. The molecule has 7 nitrogen and oxygen atoms in total. The van der Waals surface area contributed by atoms with Crippen molar-refractivity contribution in [3.05, 3.63) is 29.8 Å². The highest BCUT2D eigenvalue weighted by molar-refractivity contribution is 7.81. The van der Waals surface area contributed by atoms with Gasteiger partial charge in [0.05, 0.1) is 12.2 Å². The van der Waals surface area contributed by atoms with Gasteiger partial charge in [-0.1, -0.05) is 13.8 Å². The zero-order valence-corrected chi connectivity index (χ0v) is 15.4. The molecule has 150 valence electrons. The van der Waals surface area contributed by atoms with Crippen molar-refractivity contribution < 1.29 is 36.4 Å². The summed E-state index contributed by atoms with van der Waals surface area (Å²) in [6.07, 6.45) is -3.97. The summed E-state index contributed by atoms with van der Waals surface area (Å²) >= 11 is -1.98. The van der Waals surface area contributed by atoms with Crippen molar-refractivity contribution >= 4 is 17.0 Å². The maximum Gasteiger partial charge on any atom is 0.416 e. The lowest BCUT2D eigenvalue weighted by molar-refractivity contribution is -0.137. The molecule has 0 aromatic heterocycles. The molecule has 0 saturated heterocycles. The second-order valence-corrected chi connectivity index (χ2v) is 5.98. The molecule has 0 aliphatic heterocycles. The lowest BCUT2D eigenvalue weighted by Crippen LogP contribution is -2.36. The van der Waals surface area contributed by atoms with Crippen molar-refractivity contribution in [2.24, 2.45) is 0 Å². The van der Waals surface area contributed by atoms with E-state index in [1.54, 1.807) is 0 Å². The lowest BCUT2D eigenvalue weighted by atomic mass is 10.2. The van der Waals surface area contributed by atoms with E-state index in [1.165, 1.54) is 24.5 Å². The Morgan fingerprint density at radius 3 is 2.35 bits per heavy atom. The summed E-state index contributed by atoms with van der Waals surface area (Å²) < 4.78 is 58.5. The smallest absolute Gasteiger partial charge is 0.416 e. The summed E-state index contributed by atoms with van der Waals surface area (Å²) in [5.74, 6) is -0.554. The highest BCUT2D eigenvalue weighted by atomic mass is 32.2. The van der Waals surface area contributed by atoms with Gasteiger partial charge in [0, 0.05) is 6.54 Å². The molecule has 1 aromatic rings. The van der Waals surface area contributed by atoms with E-state index >= 15 is 0 Å². The van der Waals surface area contributed by atoms with Crippen LogP contribution in [0.25, 0.3) is 0 Å². The van der Waals surface area contributed by atoms with Gasteiger partial charge in [-0.15, -0.1) is 0 Å². The molecule has 0 saturated carbocycles. The monoisotopic (exact) mass is 400 g/mol. The predicted molar refractivity (Wildman–Crippen MR) is 89.5 cm³/mol. The molecule has 0 aliphatic rings. The summed E-state index contributed by atoms with van der Waals surface area (Å²) in [4.78, 5) is 11.0. The van der Waals surface area contributed by atoms with Gasteiger partial charge in [0.1, 0.15) is 11.0 Å². The third-order valence-electron chi connectivity index (χ3n) is 2.78. The number of amides is 1. The topological polar surface area (TPSA) is 96.9 Å². The largest absolute Gasteiger partial charge is 0.494 e. The van der Waals surface area contributed by atoms with Crippen molar-refractivity contribution in [1.29, 1.82) is 0 Å². The van der Waals surface area contributed by atoms with Crippen LogP contribution in [0.4, 0.5) is 13.2 Å². The normalized spacial score (nSPS) is 13.2. The number of hydroxylamine groups is 2. The molecular formula is C15H23F3N2O5S. The van der Waals surface area contributed by atoms with E-state index in [2.05, 4.69) is 5.48 Å². The Kier molecular flexibility index (Phi) is 11.8. The van der Waals surface area contributed by atoms with E-state index in [0.29, 0.717) is 12.2 Å². The van der Waals surface area contributed by atoms with Crippen LogP contribution in [0.3, 0.4) is 0 Å². The zero-order valence-electron chi connectivity index (χ0n) is 14.6. The van der Waals surface area contributed by atoms with E-state index in [4.69, 9.17) is 14.2 Å². The van der Waals surface area contributed by atoms with Gasteiger partial charge >= 0.3 is 6.18 Å². The molecule has 2 unspecified atom stereocenters. The molecule has 0 aliphatic carbocycles. The maximum absolute atomic E-state index is 12.4. The fourth-order valence-corrected chi connectivity index (χ4v) is 2.00. The minimum Gasteiger partial charge on any atom is -0.494 e. The summed E-state index contributed by atoms with van der Waals surface area (Å²) in [6, 6.07) is 4.29. The number of nitrogens with one attached hydrogen (secondary N) is 2. The number of benzene rings is 1. The molecule has 1 amide bonds. The average Bonchev–Trinajstić information content (AvgIpc) is 2.64. The van der Waals surface area contributed by atoms with Crippen molar-refractivity contribution in [2.75, 3.05) is 13.2 Å². The molecule has 0 bridgehead atoms. The molecule has 0 spiro atoms. The SMILES string of the molecule is CC.CC(C(=O)NO)S(=O)ONCCCOc1ccc(C(F)(F)F)cc1. The number of hydrogen-bond donors (Lipinski definition) is 3. The Morgan fingerprint density at radius 2 is 1.85 bits per heavy atom. The molecule has 0 radical (unpaired) electrons. The van der Waals surface area contributed by atoms with E-state index in [-0.39, 0.29) is 13.2 Å². The van der Waals surface area contributed by atoms with Crippen molar-refractivity contribution in [3.63, 3.8) is 0 Å². The van der Waals surface area contributed by atoms with Crippen LogP contribution in [-0.4, -0.2) is 33.7 Å². The van der Waals surface area contributed by atoms with Crippen LogP contribution in [0.2, 0.25) is 0 Å². The standard InChI is InChI=1S/C13H17F3N2O5S.C2H6/c1-9(12(19)18-20)24(21)23-17-7-2-8-22-11-5-3-10(4-6-11)13(14,15)16;1-2/h3-6,9,17,20H,2,7-8H2,1H3,(H,18,19);1-2H3. The Balaban J connectivity index is 0.00000301. The molecule has 2 atom stereocenters. The first-order chi connectivity index (χ1) is 12.3. The third-order valence-corrected chi connectivity index (χ3v) is 3.86. The molecule has 26 heavy (non-hydrogen) atoms. The second-order valence-electron chi connectivity index (χ2n) is 4.58. The number of ether oxygens (including phenoxy) is 1. The van der Waals surface area contributed by atoms with Gasteiger partial charge < -0.3 is 4.74 Å². The van der Waals surface area contributed by atoms with Gasteiger partial charge in [0.2, 0.25) is 0 Å². The van der Waals surface area contributed by atoms with E-state index < -0.39 is 34.0 Å². The van der Waals surface area contributed by atoms with Crippen molar-refractivity contribution in [2.45, 2.75) is 38.6 Å². The van der Waals surface area contributed by atoms with Crippen LogP contribution in [0.5, 0.6) is 5.75 Å². The Bertz CT molecular complexity index is 555. The minimum atomic E-state index is -4.39. The predicted octanol–water partition coefficient (Wildman–Crippen LogP) is 2.58. The Morgan fingerprint density at radius 1 is 1.27 bits per heavy atom. The van der Waals surface area contributed by atoms with Gasteiger partial charge in [-0.3, -0.25) is 10.0 Å². The van der Waals surface area contributed by atoms with Crippen LogP contribution in [0.1, 0.15) is 32.8 Å². The summed E-state index contributed by atoms with van der Waals surface area (Å²) in [5, 5.41) is 7.31. The quantitative estimate of drug-likeness (QED) is 0.335. The van der Waals surface area contributed by atoms with Crippen molar-refractivity contribution in [3.8, 4) is 5.75 Å². The summed E-state index contributed by atoms with van der Waals surface area (Å²) in [6.45, 7) is 5.73. The van der Waals surface area contributed by atoms with Gasteiger partial charge in [0.25, 0.3) is 5.91 Å². The highest BCUT2D eigenvalue weighted by Crippen LogP contribution is 2.30. The number of carbonyl (C=O) groups is 1. The Hall–Kier alpha value is -1.69. The number of rotatable bonds is 9. The van der Waals surface area contributed by atoms with E-state index in [1.807, 2.05) is 13.8 Å². The average molecular weight is 400 g/mol. The minimum absolute atomic E-state index is 0.195. The van der Waals surface area contributed by atoms with E-state index in [0.717, 1.165) is 12.1 Å². The molecule has 1 aromatic carbocycles.